The molecule has 0 saturated carbocycles. The molecule has 2 unspecified atom stereocenters. The van der Waals surface area contributed by atoms with E-state index in [1.165, 1.54) is 7.11 Å². The number of rotatable bonds is 14. The van der Waals surface area contributed by atoms with E-state index in [2.05, 4.69) is 12.2 Å². The number of hydrogen-bond acceptors (Lipinski definition) is 6. The second-order valence-electron chi connectivity index (χ2n) is 8.98. The minimum absolute atomic E-state index is 0.128. The van der Waals surface area contributed by atoms with Crippen LogP contribution in [0.1, 0.15) is 66.0 Å². The van der Waals surface area contributed by atoms with E-state index in [-0.39, 0.29) is 12.0 Å². The van der Waals surface area contributed by atoms with Gasteiger partial charge >= 0.3 is 5.97 Å². The lowest BCUT2D eigenvalue weighted by Gasteiger charge is -2.19. The number of esters is 1. The highest BCUT2D eigenvalue weighted by Gasteiger charge is 2.24. The number of amides is 1. The number of ether oxygens (including phenoxy) is 2. The first-order valence-corrected chi connectivity index (χ1v) is 14.1. The Kier molecular flexibility index (Phi) is 11.3. The lowest BCUT2D eigenvalue weighted by atomic mass is 9.93. The van der Waals surface area contributed by atoms with Crippen LogP contribution in [0.3, 0.4) is 0 Å². The summed E-state index contributed by atoms with van der Waals surface area (Å²) >= 11 is 1.62. The fourth-order valence-electron chi connectivity index (χ4n) is 4.21. The summed E-state index contributed by atoms with van der Waals surface area (Å²) in [6, 6.07) is 16.8. The molecule has 0 radical (unpaired) electrons. The van der Waals surface area contributed by atoms with Crippen molar-refractivity contribution in [2.24, 2.45) is 0 Å². The third-order valence-corrected chi connectivity index (χ3v) is 6.94. The molecule has 1 N–H and O–H groups in total. The van der Waals surface area contributed by atoms with E-state index >= 15 is 0 Å². The molecule has 7 heteroatoms. The molecule has 1 heterocycles. The molecule has 1 amide bonds. The number of furan rings is 1. The van der Waals surface area contributed by atoms with E-state index in [1.54, 1.807) is 18.0 Å². The molecule has 0 aliphatic heterocycles. The number of aryl methyl sites for hydroxylation is 1. The monoisotopic (exact) mass is 523 g/mol. The van der Waals surface area contributed by atoms with Crippen LogP contribution in [0.2, 0.25) is 0 Å². The van der Waals surface area contributed by atoms with Crippen molar-refractivity contribution in [3.8, 4) is 11.1 Å². The number of nitrogens with one attached hydrogen (secondary N) is 1. The predicted octanol–water partition coefficient (Wildman–Crippen LogP) is 6.73. The minimum Gasteiger partial charge on any atom is -0.467 e. The number of carbonyl (C=O) groups is 2. The maximum atomic E-state index is 13.4. The molecular formula is C30H37NO5S. The van der Waals surface area contributed by atoms with Gasteiger partial charge in [-0.05, 0) is 78.3 Å². The summed E-state index contributed by atoms with van der Waals surface area (Å²) in [5, 5.41) is 2.89. The summed E-state index contributed by atoms with van der Waals surface area (Å²) in [4.78, 5) is 25.7. The highest BCUT2D eigenvalue weighted by atomic mass is 32.2. The fourth-order valence-corrected chi connectivity index (χ4v) is 4.68. The number of hydrogen-bond donors (Lipinski definition) is 1. The molecule has 2 aromatic carbocycles. The zero-order valence-electron chi connectivity index (χ0n) is 22.1. The molecule has 0 fully saturated rings. The van der Waals surface area contributed by atoms with E-state index in [1.807, 2.05) is 67.8 Å². The average Bonchev–Trinajstić information content (AvgIpc) is 3.45. The fraction of sp³-hybridized carbons (Fsp3) is 0.400. The van der Waals surface area contributed by atoms with Crippen molar-refractivity contribution in [2.45, 2.75) is 58.3 Å². The summed E-state index contributed by atoms with van der Waals surface area (Å²) in [7, 11) is 1.34. The van der Waals surface area contributed by atoms with Gasteiger partial charge in [-0.3, -0.25) is 4.79 Å². The van der Waals surface area contributed by atoms with Crippen molar-refractivity contribution in [1.29, 1.82) is 0 Å². The van der Waals surface area contributed by atoms with Crippen LogP contribution in [-0.4, -0.2) is 37.0 Å². The number of unbranched alkanes of at least 4 members (excludes halogenated alkanes) is 1. The van der Waals surface area contributed by atoms with Gasteiger partial charge in [-0.15, -0.1) is 0 Å². The largest absolute Gasteiger partial charge is 0.467 e. The maximum Gasteiger partial charge on any atom is 0.328 e. The second-order valence-corrected chi connectivity index (χ2v) is 9.97. The van der Waals surface area contributed by atoms with E-state index in [9.17, 15) is 9.59 Å². The Balaban J connectivity index is 1.89. The van der Waals surface area contributed by atoms with E-state index in [4.69, 9.17) is 13.9 Å². The average molecular weight is 524 g/mol. The molecule has 3 rings (SSSR count). The Morgan fingerprint density at radius 2 is 1.86 bits per heavy atom. The normalized spacial score (nSPS) is 12.6. The zero-order chi connectivity index (χ0) is 26.6. The zero-order valence-corrected chi connectivity index (χ0v) is 22.9. The van der Waals surface area contributed by atoms with Crippen molar-refractivity contribution in [3.05, 3.63) is 83.3 Å². The highest BCUT2D eigenvalue weighted by Crippen LogP contribution is 2.30. The summed E-state index contributed by atoms with van der Waals surface area (Å²) in [6.07, 6.45) is 6.99. The molecule has 6 nitrogen and oxygen atoms in total. The molecule has 2 atom stereocenters. The molecule has 0 bridgehead atoms. The summed E-state index contributed by atoms with van der Waals surface area (Å²) in [6.45, 7) is 4.56. The van der Waals surface area contributed by atoms with Gasteiger partial charge in [0.2, 0.25) is 0 Å². The van der Waals surface area contributed by atoms with Crippen LogP contribution in [0.25, 0.3) is 11.1 Å². The third-order valence-electron chi connectivity index (χ3n) is 6.30. The van der Waals surface area contributed by atoms with Gasteiger partial charge in [0, 0.05) is 5.56 Å². The van der Waals surface area contributed by atoms with Crippen molar-refractivity contribution < 1.29 is 23.5 Å². The van der Waals surface area contributed by atoms with Gasteiger partial charge < -0.3 is 19.2 Å². The highest BCUT2D eigenvalue weighted by molar-refractivity contribution is 7.98. The number of carbonyl (C=O) groups excluding carboxylic acids is 2. The van der Waals surface area contributed by atoms with Crippen molar-refractivity contribution in [3.63, 3.8) is 0 Å². The Morgan fingerprint density at radius 3 is 2.54 bits per heavy atom. The molecule has 1 aromatic heterocycles. The van der Waals surface area contributed by atoms with Crippen LogP contribution < -0.4 is 5.32 Å². The number of benzene rings is 2. The van der Waals surface area contributed by atoms with Crippen molar-refractivity contribution in [2.75, 3.05) is 19.1 Å². The standard InChI is InChI=1S/C30H37NO5S/c1-5-6-12-28(27-13-9-17-35-27)36-20-22-14-15-24(25(19-22)23-11-8-7-10-21(23)2)29(32)31-26(16-18-37-4)30(33)34-3/h7-11,13-15,17,19,26,28H,5-6,12,16,18,20H2,1-4H3,(H,31,32). The molecule has 37 heavy (non-hydrogen) atoms. The van der Waals surface area contributed by atoms with Gasteiger partial charge in [0.25, 0.3) is 5.91 Å². The molecular weight excluding hydrogens is 486 g/mol. The van der Waals surface area contributed by atoms with Gasteiger partial charge in [-0.2, -0.15) is 11.8 Å². The Labute approximate surface area is 224 Å². The summed E-state index contributed by atoms with van der Waals surface area (Å²) in [5.41, 5.74) is 4.27. The number of thioether (sulfide) groups is 1. The molecule has 198 valence electrons. The topological polar surface area (TPSA) is 77.8 Å². The van der Waals surface area contributed by atoms with Crippen LogP contribution in [0.5, 0.6) is 0 Å². The van der Waals surface area contributed by atoms with Crippen LogP contribution in [0, 0.1) is 6.92 Å². The molecule has 0 spiro atoms. The van der Waals surface area contributed by atoms with Crippen LogP contribution >= 0.6 is 11.8 Å². The van der Waals surface area contributed by atoms with Crippen LogP contribution in [-0.2, 0) is 20.9 Å². The van der Waals surface area contributed by atoms with Gasteiger partial charge in [-0.1, -0.05) is 50.1 Å². The van der Waals surface area contributed by atoms with E-state index < -0.39 is 12.0 Å². The Morgan fingerprint density at radius 1 is 1.05 bits per heavy atom. The molecule has 0 aliphatic rings. The van der Waals surface area contributed by atoms with Gasteiger partial charge in [0.05, 0.1) is 20.0 Å². The molecule has 0 aliphatic carbocycles. The SMILES string of the molecule is CCCCC(OCc1ccc(C(=O)NC(CCSC)C(=O)OC)c(-c2ccccc2C)c1)c1ccco1. The van der Waals surface area contributed by atoms with Gasteiger partial charge in [0.15, 0.2) is 0 Å². The quantitative estimate of drug-likeness (QED) is 0.236. The Hall–Kier alpha value is -3.03. The molecule has 3 aromatic rings. The van der Waals surface area contributed by atoms with Gasteiger partial charge in [-0.25, -0.2) is 4.79 Å². The first-order chi connectivity index (χ1) is 18.0. The van der Waals surface area contributed by atoms with Crippen molar-refractivity contribution in [1.82, 2.24) is 5.32 Å². The third kappa shape index (κ3) is 7.98. The Bertz CT molecular complexity index is 1140. The first kappa shape index (κ1) is 28.5. The first-order valence-electron chi connectivity index (χ1n) is 12.7. The smallest absolute Gasteiger partial charge is 0.328 e. The van der Waals surface area contributed by atoms with E-state index in [0.717, 1.165) is 53.0 Å². The van der Waals surface area contributed by atoms with Crippen LogP contribution in [0.4, 0.5) is 0 Å². The second kappa shape index (κ2) is 14.6. The minimum atomic E-state index is -0.703. The van der Waals surface area contributed by atoms with Crippen molar-refractivity contribution >= 4 is 23.6 Å². The maximum absolute atomic E-state index is 13.4. The predicted molar refractivity (Wildman–Crippen MR) is 149 cm³/mol. The number of methoxy groups -OCH3 is 1. The van der Waals surface area contributed by atoms with Crippen LogP contribution in [0.15, 0.2) is 65.3 Å². The van der Waals surface area contributed by atoms with Gasteiger partial charge in [0.1, 0.15) is 17.9 Å². The summed E-state index contributed by atoms with van der Waals surface area (Å²) < 4.78 is 16.8. The van der Waals surface area contributed by atoms with E-state index in [0.29, 0.717) is 18.6 Å². The lowest BCUT2D eigenvalue weighted by molar-refractivity contribution is -0.142. The molecule has 0 saturated heterocycles. The lowest BCUT2D eigenvalue weighted by Crippen LogP contribution is -2.42. The summed E-state index contributed by atoms with van der Waals surface area (Å²) in [5.74, 6) is 0.803.